The number of aliphatic hydroxyl groups excluding tert-OH is 8. The summed E-state index contributed by atoms with van der Waals surface area (Å²) >= 11 is 3.64. The van der Waals surface area contributed by atoms with Crippen molar-refractivity contribution in [3.05, 3.63) is 24.8 Å². The van der Waals surface area contributed by atoms with E-state index in [-0.39, 0.29) is 11.3 Å². The van der Waals surface area contributed by atoms with Gasteiger partial charge in [-0.2, -0.15) is 5.11 Å². The molecule has 3 rings (SSSR count). The number of rotatable bonds is 7. The van der Waals surface area contributed by atoms with Gasteiger partial charge in [-0.1, -0.05) is 0 Å². The largest absolute Gasteiger partial charge is 0.423 e. The minimum Gasteiger partial charge on any atom is -0.423 e. The van der Waals surface area contributed by atoms with Crippen LogP contribution in [0.4, 0.5) is 5.69 Å². The van der Waals surface area contributed by atoms with E-state index in [1.165, 1.54) is 12.1 Å². The van der Waals surface area contributed by atoms with Gasteiger partial charge >= 0.3 is 5.97 Å². The van der Waals surface area contributed by atoms with E-state index < -0.39 is 79.9 Å². The van der Waals surface area contributed by atoms with Gasteiger partial charge in [-0.05, 0) is 57.3 Å². The fraction of sp³-hybridized carbons (Fsp3) is 0.632. The van der Waals surface area contributed by atoms with E-state index >= 15 is 0 Å². The Morgan fingerprint density at radius 1 is 0.943 bits per heavy atom. The minimum atomic E-state index is -3.00. The van der Waals surface area contributed by atoms with Crippen molar-refractivity contribution in [3.63, 3.8) is 0 Å². The van der Waals surface area contributed by atoms with Crippen molar-refractivity contribution in [3.8, 4) is 0 Å². The molecular formula is C19H24I2N2O12. The van der Waals surface area contributed by atoms with Crippen molar-refractivity contribution in [2.45, 2.75) is 54.1 Å². The van der Waals surface area contributed by atoms with E-state index in [4.69, 9.17) is 19.7 Å². The summed E-state index contributed by atoms with van der Waals surface area (Å²) in [6.07, 6.45) is -13.6. The third kappa shape index (κ3) is 4.61. The first-order chi connectivity index (χ1) is 16.4. The zero-order valence-corrected chi connectivity index (χ0v) is 22.0. The zero-order valence-electron chi connectivity index (χ0n) is 17.7. The smallest absolute Gasteiger partial charge is 0.340 e. The molecule has 0 radical (unpaired) electrons. The van der Waals surface area contributed by atoms with E-state index in [1.807, 2.05) is 45.2 Å². The molecule has 196 valence electrons. The van der Waals surface area contributed by atoms with Crippen LogP contribution in [0, 0.1) is 12.7 Å². The predicted molar refractivity (Wildman–Crippen MR) is 129 cm³/mol. The Balaban J connectivity index is 2.18. The van der Waals surface area contributed by atoms with Crippen LogP contribution in [-0.4, -0.2) is 121 Å². The second-order valence-corrected chi connectivity index (χ2v) is 10.4. The molecule has 14 nitrogen and oxygen atoms in total. The number of aliphatic hydroxyl groups is 8. The topological polar surface area (TPSA) is 243 Å². The normalized spacial score (nSPS) is 39.4. The molecule has 9 N–H and O–H groups in total. The average Bonchev–Trinajstić information content (AvgIpc) is 3.09. The molecule has 0 bridgehead atoms. The summed E-state index contributed by atoms with van der Waals surface area (Å²) in [5.74, 6) is -4.22. The van der Waals surface area contributed by atoms with Gasteiger partial charge in [-0.3, -0.25) is 0 Å². The number of carbonyl (C=O) groups excluding carboxylic acids is 1. The van der Waals surface area contributed by atoms with Crippen molar-refractivity contribution in [2.75, 3.05) is 19.8 Å². The molecule has 2 aliphatic heterocycles. The number of nitrogens with zero attached hydrogens (tertiary/aromatic N) is 1. The lowest BCUT2D eigenvalue weighted by molar-refractivity contribution is -0.411. The molecule has 0 saturated carbocycles. The maximum atomic E-state index is 13.3. The summed E-state index contributed by atoms with van der Waals surface area (Å²) in [6, 6.07) is 2.58. The molecule has 9 atom stereocenters. The molecule has 0 unspecified atom stereocenters. The Hall–Kier alpha value is -0.650. The first-order valence-corrected chi connectivity index (χ1v) is 12.3. The van der Waals surface area contributed by atoms with E-state index in [1.54, 1.807) is 0 Å². The number of carbonyl (C=O) groups is 1. The van der Waals surface area contributed by atoms with E-state index in [9.17, 15) is 45.6 Å². The first kappa shape index (κ1) is 28.9. The average molecular weight is 722 g/mol. The molecule has 2 heterocycles. The Morgan fingerprint density at radius 3 is 1.94 bits per heavy atom. The molecule has 16 heteroatoms. The van der Waals surface area contributed by atoms with Crippen LogP contribution < -0.4 is 0 Å². The number of esters is 1. The van der Waals surface area contributed by atoms with Crippen molar-refractivity contribution in [1.82, 2.24) is 0 Å². The number of nitrogens with one attached hydrogen (secondary N) is 1. The monoisotopic (exact) mass is 722 g/mol. The van der Waals surface area contributed by atoms with Crippen LogP contribution in [-0.2, 0) is 14.2 Å². The number of ether oxygens (including phenoxy) is 3. The van der Waals surface area contributed by atoms with Crippen molar-refractivity contribution >= 4 is 56.8 Å². The Labute approximate surface area is 225 Å². The lowest BCUT2D eigenvalue weighted by Crippen LogP contribution is -2.78. The summed E-state index contributed by atoms with van der Waals surface area (Å²) in [7, 11) is 0. The number of hydrogen-bond donors (Lipinski definition) is 9. The Kier molecular flexibility index (Phi) is 9.08. The Bertz CT molecular complexity index is 947. The molecule has 0 aromatic heterocycles. The van der Waals surface area contributed by atoms with Gasteiger partial charge < -0.3 is 55.1 Å². The van der Waals surface area contributed by atoms with Gasteiger partial charge in [0.1, 0.15) is 42.3 Å². The van der Waals surface area contributed by atoms with Crippen LogP contribution in [0.1, 0.15) is 10.4 Å². The van der Waals surface area contributed by atoms with E-state index in [0.29, 0.717) is 7.14 Å². The number of hydrogen-bond acceptors (Lipinski definition) is 14. The standard InChI is InChI=1S/C19H24I2N2O12/c20-7-1-6(2-8(21)11(7)23-22)17(32)35-19(16(31)14(29)12(27)9(3-24)34-19)18(5-26)15(30)13(28)10(4-25)33-18/h1-2,9-10,12-16,22,24-31H,3-5H2/t9-,10-,12-,13-,14+,15+,16-,18+,19+/m1/s1/i20-2,21-2. The van der Waals surface area contributed by atoms with Gasteiger partial charge in [0.2, 0.25) is 0 Å². The predicted octanol–water partition coefficient (Wildman–Crippen LogP) is -2.27. The highest BCUT2D eigenvalue weighted by molar-refractivity contribution is 14.1. The summed E-state index contributed by atoms with van der Waals surface area (Å²) in [4.78, 5) is 13.3. The third-order valence-corrected chi connectivity index (χ3v) is 7.75. The maximum absolute atomic E-state index is 13.3. The molecule has 2 aliphatic rings. The molecule has 0 spiro atoms. The van der Waals surface area contributed by atoms with Crippen molar-refractivity contribution in [1.29, 1.82) is 5.53 Å². The van der Waals surface area contributed by atoms with Gasteiger partial charge in [0.15, 0.2) is 11.7 Å². The van der Waals surface area contributed by atoms with Crippen LogP contribution in [0.2, 0.25) is 0 Å². The Morgan fingerprint density at radius 2 is 1.49 bits per heavy atom. The summed E-state index contributed by atoms with van der Waals surface area (Å²) in [5.41, 5.74) is 4.68. The quantitative estimate of drug-likeness (QED) is 0.0823. The van der Waals surface area contributed by atoms with Crippen molar-refractivity contribution in [2.24, 2.45) is 5.11 Å². The highest BCUT2D eigenvalue weighted by Gasteiger charge is 2.74. The van der Waals surface area contributed by atoms with Gasteiger partial charge in [0.05, 0.1) is 25.4 Å². The van der Waals surface area contributed by atoms with Crippen LogP contribution in [0.25, 0.3) is 0 Å². The molecular weight excluding hydrogens is 698 g/mol. The second kappa shape index (κ2) is 11.0. The fourth-order valence-electron chi connectivity index (χ4n) is 4.21. The van der Waals surface area contributed by atoms with Crippen molar-refractivity contribution < 1.29 is 59.9 Å². The van der Waals surface area contributed by atoms with Crippen LogP contribution >= 0.6 is 45.2 Å². The minimum absolute atomic E-state index is 0.151. The summed E-state index contributed by atoms with van der Waals surface area (Å²) < 4.78 is 17.3. The van der Waals surface area contributed by atoms with Gasteiger partial charge in [-0.15, -0.1) is 0 Å². The highest BCUT2D eigenvalue weighted by atomic mass is 125. The van der Waals surface area contributed by atoms with E-state index in [0.717, 1.165) is 0 Å². The third-order valence-electron chi connectivity index (χ3n) is 6.11. The van der Waals surface area contributed by atoms with Crippen LogP contribution in [0.3, 0.4) is 0 Å². The van der Waals surface area contributed by atoms with Gasteiger partial charge in [0, 0.05) is 7.14 Å². The van der Waals surface area contributed by atoms with Crippen LogP contribution in [0.5, 0.6) is 0 Å². The second-order valence-electron chi connectivity index (χ2n) is 8.04. The maximum Gasteiger partial charge on any atom is 0.340 e. The first-order valence-electron chi connectivity index (χ1n) is 10.1. The van der Waals surface area contributed by atoms with E-state index in [2.05, 4.69) is 5.11 Å². The fourth-order valence-corrected chi connectivity index (χ4v) is 6.22. The molecule has 2 saturated heterocycles. The molecule has 0 aliphatic carbocycles. The molecule has 1 aromatic rings. The van der Waals surface area contributed by atoms with Gasteiger partial charge in [-0.25, -0.2) is 10.3 Å². The molecule has 35 heavy (non-hydrogen) atoms. The highest BCUT2D eigenvalue weighted by Crippen LogP contribution is 2.48. The summed E-state index contributed by atoms with van der Waals surface area (Å²) in [5, 5.41) is 85.8. The molecule has 0 amide bonds. The lowest BCUT2D eigenvalue weighted by Gasteiger charge is -2.54. The zero-order chi connectivity index (χ0) is 26.3. The molecule has 1 aromatic carbocycles. The summed E-state index contributed by atoms with van der Waals surface area (Å²) in [6.45, 7) is -3.08. The number of halogens is 2. The van der Waals surface area contributed by atoms with Gasteiger partial charge in [0.25, 0.3) is 5.79 Å². The number of benzene rings is 1. The SMILES string of the molecule is N=Nc1c([125I])cc(C(=O)O[C@@]2([C@@]3(CO)O[C@H](CO)[C@@H](O)[C@@H]3O)O[C@H](CO)[C@@H](O)[C@H](O)[C@H]2O)cc1[125I]. The van der Waals surface area contributed by atoms with Crippen LogP contribution in [0.15, 0.2) is 17.2 Å². The lowest BCUT2D eigenvalue weighted by atomic mass is 9.78. The molecule has 2 fully saturated rings.